The van der Waals surface area contributed by atoms with Crippen LogP contribution in [0.2, 0.25) is 0 Å². The van der Waals surface area contributed by atoms with Gasteiger partial charge in [-0.25, -0.2) is 9.97 Å². The average Bonchev–Trinajstić information content (AvgIpc) is 3.47. The van der Waals surface area contributed by atoms with E-state index in [1.54, 1.807) is 0 Å². The van der Waals surface area contributed by atoms with Crippen LogP contribution < -0.4 is 4.90 Å². The van der Waals surface area contributed by atoms with Crippen molar-refractivity contribution in [3.63, 3.8) is 0 Å². The van der Waals surface area contributed by atoms with Gasteiger partial charge < -0.3 is 9.80 Å². The lowest BCUT2D eigenvalue weighted by atomic mass is 10.0. The van der Waals surface area contributed by atoms with Crippen molar-refractivity contribution in [2.45, 2.75) is 51.5 Å². The third kappa shape index (κ3) is 3.27. The van der Waals surface area contributed by atoms with Gasteiger partial charge in [0, 0.05) is 43.1 Å². The molecule has 5 rings (SSSR count). The molecule has 0 spiro atoms. The van der Waals surface area contributed by atoms with Gasteiger partial charge in [-0.05, 0) is 25.7 Å². The Morgan fingerprint density at radius 2 is 1.68 bits per heavy atom. The number of hydrogen-bond acceptors (Lipinski definition) is 4. The molecule has 1 saturated heterocycles. The predicted octanol–water partition coefficient (Wildman–Crippen LogP) is 3.82. The van der Waals surface area contributed by atoms with E-state index in [0.29, 0.717) is 12.5 Å². The van der Waals surface area contributed by atoms with Gasteiger partial charge in [0.05, 0.1) is 12.2 Å². The van der Waals surface area contributed by atoms with E-state index in [1.807, 2.05) is 18.2 Å². The third-order valence-electron chi connectivity index (χ3n) is 6.49. The predicted molar refractivity (Wildman–Crippen MR) is 110 cm³/mol. The number of benzene rings is 1. The molecule has 28 heavy (non-hydrogen) atoms. The monoisotopic (exact) mass is 376 g/mol. The summed E-state index contributed by atoms with van der Waals surface area (Å²) in [6.45, 7) is 3.56. The van der Waals surface area contributed by atoms with Crippen molar-refractivity contribution in [3.8, 4) is 11.4 Å². The molecule has 1 saturated carbocycles. The number of nitrogens with zero attached hydrogens (tertiary/aromatic N) is 4. The Hall–Kier alpha value is -2.43. The van der Waals surface area contributed by atoms with E-state index in [0.717, 1.165) is 61.8 Å². The van der Waals surface area contributed by atoms with Crippen LogP contribution in [-0.4, -0.2) is 40.4 Å². The summed E-state index contributed by atoms with van der Waals surface area (Å²) in [6, 6.07) is 10.3. The van der Waals surface area contributed by atoms with Gasteiger partial charge in [-0.1, -0.05) is 43.2 Å². The Balaban J connectivity index is 1.50. The largest absolute Gasteiger partial charge is 0.356 e. The number of carbonyl (C=O) groups excluding carboxylic acids is 1. The van der Waals surface area contributed by atoms with Gasteiger partial charge in [0.25, 0.3) is 0 Å². The van der Waals surface area contributed by atoms with E-state index >= 15 is 0 Å². The van der Waals surface area contributed by atoms with E-state index < -0.39 is 0 Å². The van der Waals surface area contributed by atoms with Gasteiger partial charge in [0.2, 0.25) is 5.91 Å². The zero-order valence-corrected chi connectivity index (χ0v) is 16.4. The maximum Gasteiger partial charge on any atom is 0.225 e. The lowest BCUT2D eigenvalue weighted by Gasteiger charge is -2.33. The van der Waals surface area contributed by atoms with Crippen molar-refractivity contribution >= 4 is 11.7 Å². The fourth-order valence-electron chi connectivity index (χ4n) is 4.92. The zero-order chi connectivity index (χ0) is 18.9. The number of aromatic nitrogens is 2. The minimum absolute atomic E-state index is 0.237. The number of amides is 1. The second kappa shape index (κ2) is 7.53. The first-order valence-corrected chi connectivity index (χ1v) is 10.8. The summed E-state index contributed by atoms with van der Waals surface area (Å²) >= 11 is 0. The van der Waals surface area contributed by atoms with E-state index in [4.69, 9.17) is 9.97 Å². The molecule has 146 valence electrons. The molecule has 0 unspecified atom stereocenters. The van der Waals surface area contributed by atoms with Gasteiger partial charge in [-0.15, -0.1) is 0 Å². The number of hydrogen-bond donors (Lipinski definition) is 0. The Morgan fingerprint density at radius 1 is 0.929 bits per heavy atom. The van der Waals surface area contributed by atoms with Gasteiger partial charge in [-0.3, -0.25) is 4.79 Å². The summed E-state index contributed by atoms with van der Waals surface area (Å²) < 4.78 is 0. The lowest BCUT2D eigenvalue weighted by molar-refractivity contribution is -0.136. The van der Waals surface area contributed by atoms with Crippen LogP contribution in [0.3, 0.4) is 0 Å². The van der Waals surface area contributed by atoms with Crippen LogP contribution >= 0.6 is 0 Å². The quantitative estimate of drug-likeness (QED) is 0.817. The van der Waals surface area contributed by atoms with E-state index in [-0.39, 0.29) is 5.92 Å². The molecular weight excluding hydrogens is 348 g/mol. The first kappa shape index (κ1) is 17.7. The normalized spacial score (nSPS) is 19.9. The van der Waals surface area contributed by atoms with Crippen molar-refractivity contribution < 1.29 is 4.79 Å². The Labute approximate surface area is 166 Å². The van der Waals surface area contributed by atoms with Crippen LogP contribution in [0.4, 0.5) is 5.82 Å². The van der Waals surface area contributed by atoms with Crippen LogP contribution in [0.25, 0.3) is 11.4 Å². The van der Waals surface area contributed by atoms with Crippen molar-refractivity contribution in [3.05, 3.63) is 41.6 Å². The summed E-state index contributed by atoms with van der Waals surface area (Å²) in [4.78, 5) is 27.4. The Bertz CT molecular complexity index is 854. The minimum Gasteiger partial charge on any atom is -0.356 e. The molecule has 0 bridgehead atoms. The molecular formula is C23H28N4O. The molecule has 3 heterocycles. The van der Waals surface area contributed by atoms with Crippen LogP contribution in [-0.2, 0) is 17.8 Å². The average molecular weight is 377 g/mol. The molecule has 0 N–H and O–H groups in total. The van der Waals surface area contributed by atoms with Crippen molar-refractivity contribution in [2.24, 2.45) is 5.92 Å². The summed E-state index contributed by atoms with van der Waals surface area (Å²) in [7, 11) is 0. The smallest absolute Gasteiger partial charge is 0.225 e. The zero-order valence-electron chi connectivity index (χ0n) is 16.4. The first-order valence-electron chi connectivity index (χ1n) is 10.8. The molecule has 5 nitrogen and oxygen atoms in total. The van der Waals surface area contributed by atoms with Crippen LogP contribution in [0, 0.1) is 5.92 Å². The number of fused-ring (bicyclic) bond motifs is 1. The summed E-state index contributed by atoms with van der Waals surface area (Å²) in [5, 5.41) is 0. The van der Waals surface area contributed by atoms with Gasteiger partial charge >= 0.3 is 0 Å². The fourth-order valence-corrected chi connectivity index (χ4v) is 4.92. The second-order valence-electron chi connectivity index (χ2n) is 8.35. The lowest BCUT2D eigenvalue weighted by Crippen LogP contribution is -2.40. The van der Waals surface area contributed by atoms with Crippen LogP contribution in [0.1, 0.15) is 49.8 Å². The molecule has 1 amide bonds. The van der Waals surface area contributed by atoms with Crippen molar-refractivity contribution in [1.29, 1.82) is 0 Å². The minimum atomic E-state index is 0.237. The van der Waals surface area contributed by atoms with E-state index in [9.17, 15) is 4.79 Å². The van der Waals surface area contributed by atoms with Gasteiger partial charge in [0.15, 0.2) is 5.82 Å². The Kier molecular flexibility index (Phi) is 4.75. The maximum atomic E-state index is 13.0. The highest BCUT2D eigenvalue weighted by molar-refractivity contribution is 5.79. The molecule has 3 aliphatic rings. The molecule has 2 aromatic rings. The highest BCUT2D eigenvalue weighted by Crippen LogP contribution is 2.33. The molecule has 1 aromatic heterocycles. The third-order valence-corrected chi connectivity index (χ3v) is 6.49. The summed E-state index contributed by atoms with van der Waals surface area (Å²) in [6.07, 6.45) is 7.77. The molecule has 0 radical (unpaired) electrons. The molecule has 5 heteroatoms. The highest BCUT2D eigenvalue weighted by atomic mass is 16.2. The molecule has 0 atom stereocenters. The summed E-state index contributed by atoms with van der Waals surface area (Å²) in [5.41, 5.74) is 3.38. The number of anilines is 1. The highest BCUT2D eigenvalue weighted by Gasteiger charge is 2.32. The molecule has 1 aliphatic carbocycles. The SMILES string of the molecule is O=C(C1CCCC1)N1CCc2nc(-c3ccccc3)nc(N3CCCC3)c2C1. The van der Waals surface area contributed by atoms with Crippen LogP contribution in [0.5, 0.6) is 0 Å². The molecule has 2 aliphatic heterocycles. The van der Waals surface area contributed by atoms with Crippen molar-refractivity contribution in [1.82, 2.24) is 14.9 Å². The maximum absolute atomic E-state index is 13.0. The van der Waals surface area contributed by atoms with E-state index in [2.05, 4.69) is 21.9 Å². The topological polar surface area (TPSA) is 49.3 Å². The standard InChI is InChI=1S/C23H28N4O/c28-23(18-10-4-5-11-18)27-15-12-20-19(16-27)22(26-13-6-7-14-26)25-21(24-20)17-8-2-1-3-9-17/h1-3,8-9,18H,4-7,10-16H2. The van der Waals surface area contributed by atoms with E-state index in [1.165, 1.54) is 31.2 Å². The Morgan fingerprint density at radius 3 is 2.43 bits per heavy atom. The van der Waals surface area contributed by atoms with Crippen LogP contribution in [0.15, 0.2) is 30.3 Å². The number of rotatable bonds is 3. The fraction of sp³-hybridized carbons (Fsp3) is 0.522. The number of carbonyl (C=O) groups is 1. The first-order chi connectivity index (χ1) is 13.8. The second-order valence-corrected chi connectivity index (χ2v) is 8.35. The van der Waals surface area contributed by atoms with Gasteiger partial charge in [0.1, 0.15) is 5.82 Å². The summed E-state index contributed by atoms with van der Waals surface area (Å²) in [5.74, 6) is 2.46. The molecule has 1 aromatic carbocycles. The molecule has 2 fully saturated rings. The van der Waals surface area contributed by atoms with Crippen molar-refractivity contribution in [2.75, 3.05) is 24.5 Å². The van der Waals surface area contributed by atoms with Gasteiger partial charge in [-0.2, -0.15) is 0 Å².